The Morgan fingerprint density at radius 3 is 2.20 bits per heavy atom. The third-order valence-electron chi connectivity index (χ3n) is 7.45. The summed E-state index contributed by atoms with van der Waals surface area (Å²) >= 11 is 0. The molecule has 2 aliphatic rings. The van der Waals surface area contributed by atoms with E-state index in [2.05, 4.69) is 22.8 Å². The number of alkyl carbamates (subject to hydrolysis) is 1. The highest BCUT2D eigenvalue weighted by Gasteiger charge is 2.39. The predicted octanol–water partition coefficient (Wildman–Crippen LogP) is 3.71. The first-order chi connectivity index (χ1) is 19.4. The van der Waals surface area contributed by atoms with Crippen molar-refractivity contribution >= 4 is 18.0 Å². The number of amides is 2. The third kappa shape index (κ3) is 6.00. The smallest absolute Gasteiger partial charge is 0.407 e. The lowest BCUT2D eigenvalue weighted by Crippen LogP contribution is -2.53. The molecule has 40 heavy (non-hydrogen) atoms. The number of hydrogen-bond donors (Lipinski definition) is 3. The molecule has 0 spiro atoms. The third-order valence-corrected chi connectivity index (χ3v) is 7.45. The molecule has 4 atom stereocenters. The van der Waals surface area contributed by atoms with Crippen LogP contribution < -0.4 is 10.6 Å². The van der Waals surface area contributed by atoms with Gasteiger partial charge in [-0.3, -0.25) is 4.79 Å². The number of benzene rings is 3. The zero-order chi connectivity index (χ0) is 28.1. The maximum atomic E-state index is 13.1. The van der Waals surface area contributed by atoms with E-state index in [-0.39, 0.29) is 32.3 Å². The number of hydrogen-bond acceptors (Lipinski definition) is 6. The largest absolute Gasteiger partial charge is 0.480 e. The molecule has 1 heterocycles. The Labute approximate surface area is 232 Å². The monoisotopic (exact) mass is 544 g/mol. The molecule has 9 heteroatoms. The summed E-state index contributed by atoms with van der Waals surface area (Å²) in [7, 11) is 0. The van der Waals surface area contributed by atoms with Crippen molar-refractivity contribution in [3.8, 4) is 11.1 Å². The second kappa shape index (κ2) is 12.3. The average molecular weight is 545 g/mol. The Hall–Kier alpha value is -4.21. The summed E-state index contributed by atoms with van der Waals surface area (Å²) in [6.45, 7) is 2.10. The highest BCUT2D eigenvalue weighted by atomic mass is 16.5. The van der Waals surface area contributed by atoms with Gasteiger partial charge in [0.25, 0.3) is 0 Å². The van der Waals surface area contributed by atoms with Gasteiger partial charge in [0.15, 0.2) is 6.04 Å². The van der Waals surface area contributed by atoms with Crippen LogP contribution in [0, 0.1) is 5.92 Å². The number of ether oxygens (including phenoxy) is 3. The number of carboxylic acids is 1. The molecule has 3 aromatic rings. The normalized spacial score (nSPS) is 19.2. The summed E-state index contributed by atoms with van der Waals surface area (Å²) < 4.78 is 16.8. The van der Waals surface area contributed by atoms with Gasteiger partial charge in [-0.15, -0.1) is 0 Å². The molecule has 9 nitrogen and oxygen atoms in total. The number of rotatable bonds is 10. The zero-order valence-electron chi connectivity index (χ0n) is 22.1. The van der Waals surface area contributed by atoms with Gasteiger partial charge in [-0.05, 0) is 34.7 Å². The van der Waals surface area contributed by atoms with E-state index < -0.39 is 42.1 Å². The first kappa shape index (κ1) is 27.4. The van der Waals surface area contributed by atoms with E-state index in [4.69, 9.17) is 14.2 Å². The molecule has 5 rings (SSSR count). The average Bonchev–Trinajstić information content (AvgIpc) is 3.56. The molecule has 2 amide bonds. The highest BCUT2D eigenvalue weighted by Crippen LogP contribution is 2.44. The van der Waals surface area contributed by atoms with Crippen molar-refractivity contribution in [2.24, 2.45) is 5.92 Å². The van der Waals surface area contributed by atoms with Crippen LogP contribution in [0.3, 0.4) is 0 Å². The quantitative estimate of drug-likeness (QED) is 0.356. The molecule has 3 N–H and O–H groups in total. The van der Waals surface area contributed by atoms with E-state index in [0.717, 1.165) is 27.8 Å². The molecule has 0 bridgehead atoms. The summed E-state index contributed by atoms with van der Waals surface area (Å²) in [5, 5.41) is 15.0. The van der Waals surface area contributed by atoms with Crippen molar-refractivity contribution < 1.29 is 33.7 Å². The van der Waals surface area contributed by atoms with Crippen LogP contribution in [0.25, 0.3) is 11.1 Å². The van der Waals surface area contributed by atoms with Gasteiger partial charge in [0.2, 0.25) is 5.91 Å². The Morgan fingerprint density at radius 1 is 0.925 bits per heavy atom. The molecule has 1 aliphatic carbocycles. The number of carbonyl (C=O) groups excluding carboxylic acids is 2. The van der Waals surface area contributed by atoms with Crippen molar-refractivity contribution in [2.45, 2.75) is 37.6 Å². The Morgan fingerprint density at radius 2 is 1.55 bits per heavy atom. The Bertz CT molecular complexity index is 1320. The molecular formula is C31H32N2O7. The zero-order valence-corrected chi connectivity index (χ0v) is 22.1. The van der Waals surface area contributed by atoms with Gasteiger partial charge in [-0.25, -0.2) is 9.59 Å². The highest BCUT2D eigenvalue weighted by molar-refractivity contribution is 5.86. The Balaban J connectivity index is 1.16. The molecular weight excluding hydrogens is 512 g/mol. The van der Waals surface area contributed by atoms with Crippen LogP contribution in [0.15, 0.2) is 78.9 Å². The fourth-order valence-electron chi connectivity index (χ4n) is 5.28. The van der Waals surface area contributed by atoms with Crippen LogP contribution in [0.5, 0.6) is 0 Å². The molecule has 208 valence electrons. The maximum absolute atomic E-state index is 13.1. The first-order valence-electron chi connectivity index (χ1n) is 13.3. The van der Waals surface area contributed by atoms with Crippen molar-refractivity contribution in [3.63, 3.8) is 0 Å². The van der Waals surface area contributed by atoms with E-state index >= 15 is 0 Å². The first-order valence-corrected chi connectivity index (χ1v) is 13.3. The lowest BCUT2D eigenvalue weighted by atomic mass is 9.98. The van der Waals surface area contributed by atoms with Gasteiger partial charge < -0.3 is 30.0 Å². The number of aliphatic carboxylic acids is 1. The summed E-state index contributed by atoms with van der Waals surface area (Å²) in [6.07, 6.45) is -1.46. The van der Waals surface area contributed by atoms with Crippen LogP contribution in [0.4, 0.5) is 4.79 Å². The predicted molar refractivity (Wildman–Crippen MR) is 147 cm³/mol. The molecule has 0 aromatic heterocycles. The van der Waals surface area contributed by atoms with Crippen molar-refractivity contribution in [1.82, 2.24) is 10.6 Å². The van der Waals surface area contributed by atoms with Gasteiger partial charge in [0.1, 0.15) is 6.61 Å². The SMILES string of the molecule is C[C@@H](OCc1ccccc1)[C@H](NC(=O)C1COCC1NC(=O)OCC1c2ccccc2-c2ccccc21)C(=O)O. The van der Waals surface area contributed by atoms with Crippen LogP contribution in [0.2, 0.25) is 0 Å². The minimum absolute atomic E-state index is 0.0474. The molecule has 0 saturated carbocycles. The lowest BCUT2D eigenvalue weighted by molar-refractivity contribution is -0.147. The van der Waals surface area contributed by atoms with Gasteiger partial charge in [0, 0.05) is 5.92 Å². The summed E-state index contributed by atoms with van der Waals surface area (Å²) in [5.41, 5.74) is 5.34. The topological polar surface area (TPSA) is 123 Å². The maximum Gasteiger partial charge on any atom is 0.407 e. The van der Waals surface area contributed by atoms with Crippen LogP contribution in [-0.4, -0.2) is 61.1 Å². The molecule has 0 radical (unpaired) electrons. The number of nitrogens with one attached hydrogen (secondary N) is 2. The van der Waals surface area contributed by atoms with Crippen molar-refractivity contribution in [1.29, 1.82) is 0 Å². The fraction of sp³-hybridized carbons (Fsp3) is 0.323. The van der Waals surface area contributed by atoms with E-state index in [0.29, 0.717) is 0 Å². The second-order valence-electron chi connectivity index (χ2n) is 10.0. The van der Waals surface area contributed by atoms with Gasteiger partial charge >= 0.3 is 12.1 Å². The minimum atomic E-state index is -1.27. The number of fused-ring (bicyclic) bond motifs is 3. The van der Waals surface area contributed by atoms with Gasteiger partial charge in [-0.2, -0.15) is 0 Å². The fourth-order valence-corrected chi connectivity index (χ4v) is 5.28. The standard InChI is InChI=1S/C31H32N2O7/c1-19(39-15-20-9-3-2-4-10-20)28(30(35)36)33-29(34)26-16-38-18-27(26)32-31(37)40-17-25-23-13-7-5-11-21(23)22-12-6-8-14-24(22)25/h2-14,19,25-28H,15-18H2,1H3,(H,32,37)(H,33,34)(H,35,36)/t19-,26?,27?,28+/m1/s1. The van der Waals surface area contributed by atoms with Crippen molar-refractivity contribution in [2.75, 3.05) is 19.8 Å². The molecule has 1 saturated heterocycles. The Kier molecular flexibility index (Phi) is 8.42. The molecule has 2 unspecified atom stereocenters. The van der Waals surface area contributed by atoms with Crippen LogP contribution in [-0.2, 0) is 30.4 Å². The summed E-state index contributed by atoms with van der Waals surface area (Å²) in [4.78, 5) is 37.8. The van der Waals surface area contributed by atoms with Crippen LogP contribution >= 0.6 is 0 Å². The number of carbonyl (C=O) groups is 3. The van der Waals surface area contributed by atoms with E-state index in [1.807, 2.05) is 66.7 Å². The molecule has 3 aromatic carbocycles. The lowest BCUT2D eigenvalue weighted by Gasteiger charge is -2.25. The van der Waals surface area contributed by atoms with Gasteiger partial charge in [0.05, 0.1) is 37.9 Å². The van der Waals surface area contributed by atoms with E-state index in [1.165, 1.54) is 0 Å². The number of carboxylic acid groups (broad SMARTS) is 1. The summed E-state index contributed by atoms with van der Waals surface area (Å²) in [5.74, 6) is -2.62. The molecule has 1 fully saturated rings. The van der Waals surface area contributed by atoms with Gasteiger partial charge in [-0.1, -0.05) is 78.9 Å². The van der Waals surface area contributed by atoms with Crippen LogP contribution in [0.1, 0.15) is 29.5 Å². The van der Waals surface area contributed by atoms with E-state index in [9.17, 15) is 19.5 Å². The second-order valence-corrected chi connectivity index (χ2v) is 10.0. The van der Waals surface area contributed by atoms with Crippen molar-refractivity contribution in [3.05, 3.63) is 95.6 Å². The van der Waals surface area contributed by atoms with E-state index in [1.54, 1.807) is 6.92 Å². The minimum Gasteiger partial charge on any atom is -0.480 e. The summed E-state index contributed by atoms with van der Waals surface area (Å²) in [6, 6.07) is 23.5. The molecule has 1 aliphatic heterocycles.